The first-order chi connectivity index (χ1) is 14.1. The van der Waals surface area contributed by atoms with Crippen LogP contribution in [0.4, 0.5) is 4.79 Å². The van der Waals surface area contributed by atoms with Gasteiger partial charge >= 0.3 is 12.1 Å². The lowest BCUT2D eigenvalue weighted by atomic mass is 9.96. The van der Waals surface area contributed by atoms with Crippen LogP contribution in [0.5, 0.6) is 0 Å². The average molecular weight is 389 g/mol. The van der Waals surface area contributed by atoms with Crippen LogP contribution in [0.3, 0.4) is 0 Å². The molecule has 2 fully saturated rings. The Morgan fingerprint density at radius 2 is 1.52 bits per heavy atom. The third-order valence-electron chi connectivity index (χ3n) is 6.49. The molecule has 2 aromatic rings. The fourth-order valence-electron chi connectivity index (χ4n) is 5.31. The lowest BCUT2D eigenvalue weighted by Gasteiger charge is -2.35. The number of piperidine rings is 1. The van der Waals surface area contributed by atoms with E-state index in [1.807, 2.05) is 29.2 Å². The monoisotopic (exact) mass is 389 g/mol. The molecule has 5 heteroatoms. The van der Waals surface area contributed by atoms with Gasteiger partial charge in [-0.1, -0.05) is 54.1 Å². The largest absolute Gasteiger partial charge is 0.478 e. The van der Waals surface area contributed by atoms with Crippen LogP contribution in [0.15, 0.2) is 60.2 Å². The summed E-state index contributed by atoms with van der Waals surface area (Å²) in [6.07, 6.45) is 4.12. The van der Waals surface area contributed by atoms with E-state index in [0.717, 1.165) is 18.4 Å². The summed E-state index contributed by atoms with van der Waals surface area (Å²) in [6.45, 7) is 0.320. The van der Waals surface area contributed by atoms with E-state index in [0.29, 0.717) is 19.4 Å². The minimum absolute atomic E-state index is 0.0509. The van der Waals surface area contributed by atoms with Gasteiger partial charge in [-0.05, 0) is 47.9 Å². The molecule has 2 aliphatic heterocycles. The normalized spacial score (nSPS) is 22.2. The van der Waals surface area contributed by atoms with Crippen molar-refractivity contribution < 1.29 is 19.4 Å². The Bertz CT molecular complexity index is 950. The van der Waals surface area contributed by atoms with Gasteiger partial charge in [0, 0.05) is 24.1 Å². The molecule has 2 unspecified atom stereocenters. The molecule has 2 heterocycles. The highest BCUT2D eigenvalue weighted by molar-refractivity contribution is 5.81. The topological polar surface area (TPSA) is 66.8 Å². The van der Waals surface area contributed by atoms with Crippen molar-refractivity contribution in [2.45, 2.75) is 43.7 Å². The van der Waals surface area contributed by atoms with Crippen molar-refractivity contribution in [1.82, 2.24) is 4.90 Å². The zero-order valence-electron chi connectivity index (χ0n) is 16.1. The van der Waals surface area contributed by atoms with Crippen LogP contribution >= 0.6 is 0 Å². The number of rotatable bonds is 3. The number of carboxylic acid groups (broad SMARTS) is 1. The predicted molar refractivity (Wildman–Crippen MR) is 109 cm³/mol. The molecule has 2 bridgehead atoms. The summed E-state index contributed by atoms with van der Waals surface area (Å²) in [5.74, 6) is -0.856. The molecule has 0 saturated carbocycles. The molecule has 2 atom stereocenters. The van der Waals surface area contributed by atoms with Crippen molar-refractivity contribution in [3.63, 3.8) is 0 Å². The fourth-order valence-corrected chi connectivity index (χ4v) is 5.31. The first-order valence-corrected chi connectivity index (χ1v) is 10.2. The maximum absolute atomic E-state index is 12.9. The molecule has 148 valence electrons. The van der Waals surface area contributed by atoms with Gasteiger partial charge in [0.15, 0.2) is 0 Å². The number of carbonyl (C=O) groups excluding carboxylic acids is 1. The number of amides is 1. The van der Waals surface area contributed by atoms with Gasteiger partial charge in [0.25, 0.3) is 0 Å². The number of hydrogen-bond donors (Lipinski definition) is 1. The van der Waals surface area contributed by atoms with Crippen molar-refractivity contribution in [2.75, 3.05) is 6.61 Å². The number of ether oxygens (including phenoxy) is 1. The van der Waals surface area contributed by atoms with E-state index in [-0.39, 0.29) is 24.1 Å². The summed E-state index contributed by atoms with van der Waals surface area (Å²) >= 11 is 0. The third kappa shape index (κ3) is 3.11. The quantitative estimate of drug-likeness (QED) is 0.781. The molecule has 3 aliphatic rings. The predicted octanol–water partition coefficient (Wildman–Crippen LogP) is 4.57. The Balaban J connectivity index is 1.32. The van der Waals surface area contributed by atoms with E-state index < -0.39 is 5.97 Å². The summed E-state index contributed by atoms with van der Waals surface area (Å²) in [6, 6.07) is 16.7. The maximum Gasteiger partial charge on any atom is 0.410 e. The third-order valence-corrected chi connectivity index (χ3v) is 6.49. The molecule has 5 rings (SSSR count). The zero-order valence-corrected chi connectivity index (χ0v) is 16.1. The van der Waals surface area contributed by atoms with Gasteiger partial charge in [0.1, 0.15) is 6.61 Å². The Morgan fingerprint density at radius 1 is 0.966 bits per heavy atom. The number of fused-ring (bicyclic) bond motifs is 5. The fraction of sp³-hybridized carbons (Fsp3) is 0.333. The van der Waals surface area contributed by atoms with Crippen LogP contribution in [0.25, 0.3) is 11.1 Å². The molecule has 2 aromatic carbocycles. The van der Waals surface area contributed by atoms with E-state index in [4.69, 9.17) is 9.84 Å². The van der Waals surface area contributed by atoms with Crippen LogP contribution in [-0.4, -0.2) is 40.8 Å². The second kappa shape index (κ2) is 7.07. The summed E-state index contributed by atoms with van der Waals surface area (Å²) in [7, 11) is 0. The van der Waals surface area contributed by atoms with E-state index in [9.17, 15) is 9.59 Å². The number of nitrogens with zero attached hydrogens (tertiary/aromatic N) is 1. The summed E-state index contributed by atoms with van der Waals surface area (Å²) in [4.78, 5) is 25.8. The highest BCUT2D eigenvalue weighted by atomic mass is 16.6. The number of benzene rings is 2. The first kappa shape index (κ1) is 18.0. The molecule has 5 nitrogen and oxygen atoms in total. The Labute approximate surface area is 169 Å². The summed E-state index contributed by atoms with van der Waals surface area (Å²) < 4.78 is 5.83. The molecule has 1 amide bonds. The molecular weight excluding hydrogens is 366 g/mol. The van der Waals surface area contributed by atoms with Crippen LogP contribution < -0.4 is 0 Å². The second-order valence-electron chi connectivity index (χ2n) is 8.15. The van der Waals surface area contributed by atoms with E-state index in [1.165, 1.54) is 28.3 Å². The van der Waals surface area contributed by atoms with E-state index in [2.05, 4.69) is 24.3 Å². The van der Waals surface area contributed by atoms with Crippen LogP contribution in [0, 0.1) is 0 Å². The summed E-state index contributed by atoms with van der Waals surface area (Å²) in [5, 5.41) is 9.02. The molecule has 29 heavy (non-hydrogen) atoms. The highest BCUT2D eigenvalue weighted by Gasteiger charge is 2.42. The minimum atomic E-state index is -0.908. The Kier molecular flexibility index (Phi) is 4.38. The zero-order chi connectivity index (χ0) is 20.0. The number of aliphatic carboxylic acids is 1. The summed E-state index contributed by atoms with van der Waals surface area (Å²) in [5.41, 5.74) is 5.76. The minimum Gasteiger partial charge on any atom is -0.478 e. The number of carbonyl (C=O) groups is 2. The van der Waals surface area contributed by atoms with Crippen LogP contribution in [0.2, 0.25) is 0 Å². The maximum atomic E-state index is 12.9. The molecule has 0 spiro atoms. The molecule has 1 N–H and O–H groups in total. The molecule has 0 aromatic heterocycles. The van der Waals surface area contributed by atoms with Crippen molar-refractivity contribution >= 4 is 12.1 Å². The van der Waals surface area contributed by atoms with Crippen molar-refractivity contribution in [3.8, 4) is 11.1 Å². The Hall–Kier alpha value is -3.08. The van der Waals surface area contributed by atoms with E-state index in [1.54, 1.807) is 0 Å². The number of hydrogen-bond acceptors (Lipinski definition) is 3. The smallest absolute Gasteiger partial charge is 0.410 e. The second-order valence-corrected chi connectivity index (χ2v) is 8.15. The molecule has 2 saturated heterocycles. The van der Waals surface area contributed by atoms with Crippen molar-refractivity contribution in [1.29, 1.82) is 0 Å². The van der Waals surface area contributed by atoms with Crippen LogP contribution in [0.1, 0.15) is 42.7 Å². The first-order valence-electron chi connectivity index (χ1n) is 10.2. The van der Waals surface area contributed by atoms with E-state index >= 15 is 0 Å². The van der Waals surface area contributed by atoms with Crippen molar-refractivity contribution in [3.05, 3.63) is 71.3 Å². The average Bonchev–Trinajstić information content (AvgIpc) is 3.18. The van der Waals surface area contributed by atoms with Crippen LogP contribution in [-0.2, 0) is 9.53 Å². The van der Waals surface area contributed by atoms with Gasteiger partial charge in [-0.15, -0.1) is 0 Å². The van der Waals surface area contributed by atoms with Gasteiger partial charge in [-0.25, -0.2) is 9.59 Å². The number of carboxylic acids is 1. The molecule has 0 radical (unpaired) electrons. The SMILES string of the molecule is O=C(O)C=C1CC2CCC(C1)N2C(=O)OCC1c2ccccc2-c2ccccc21. The Morgan fingerprint density at radius 3 is 2.07 bits per heavy atom. The lowest BCUT2D eigenvalue weighted by Crippen LogP contribution is -2.45. The van der Waals surface area contributed by atoms with Gasteiger partial charge in [0.2, 0.25) is 0 Å². The lowest BCUT2D eigenvalue weighted by molar-refractivity contribution is -0.131. The van der Waals surface area contributed by atoms with Gasteiger partial charge in [-0.2, -0.15) is 0 Å². The van der Waals surface area contributed by atoms with Gasteiger partial charge < -0.3 is 14.7 Å². The van der Waals surface area contributed by atoms with Gasteiger partial charge in [-0.3, -0.25) is 0 Å². The standard InChI is InChI=1S/C24H23NO4/c26-23(27)13-15-11-16-9-10-17(12-15)25(16)24(28)29-14-22-20-7-3-1-5-18(20)19-6-2-4-8-21(19)22/h1-8,13,16-17,22H,9-12,14H2,(H,26,27). The van der Waals surface area contributed by atoms with Gasteiger partial charge in [0.05, 0.1) is 0 Å². The molecule has 1 aliphatic carbocycles. The van der Waals surface area contributed by atoms with Crippen molar-refractivity contribution in [2.24, 2.45) is 0 Å². The highest BCUT2D eigenvalue weighted by Crippen LogP contribution is 2.45. The molecular formula is C24H23NO4.